The van der Waals surface area contributed by atoms with Crippen LogP contribution in [0.5, 0.6) is 0 Å². The molecule has 0 amide bonds. The van der Waals surface area contributed by atoms with E-state index in [-0.39, 0.29) is 0 Å². The normalized spacial score (nSPS) is 9.67. The van der Waals surface area contributed by atoms with Gasteiger partial charge in [-0.1, -0.05) is 11.6 Å². The Balaban J connectivity index is 2.52. The van der Waals surface area contributed by atoms with Gasteiger partial charge in [-0.2, -0.15) is 4.99 Å². The van der Waals surface area contributed by atoms with E-state index in [1.165, 1.54) is 6.08 Å². The van der Waals surface area contributed by atoms with E-state index in [9.17, 15) is 4.79 Å². The second kappa shape index (κ2) is 4.13. The van der Waals surface area contributed by atoms with E-state index in [2.05, 4.69) is 4.99 Å². The summed E-state index contributed by atoms with van der Waals surface area (Å²) in [6.45, 7) is 0. The molecule has 0 bridgehead atoms. The van der Waals surface area contributed by atoms with Gasteiger partial charge in [0, 0.05) is 18.1 Å². The Morgan fingerprint density at radius 1 is 1.27 bits per heavy atom. The SMILES string of the molecule is O=C=Nc1cc(-n2cccc2)ccc1Cl. The zero-order chi connectivity index (χ0) is 10.7. The highest BCUT2D eigenvalue weighted by molar-refractivity contribution is 6.33. The zero-order valence-corrected chi connectivity index (χ0v) is 8.48. The van der Waals surface area contributed by atoms with E-state index in [1.54, 1.807) is 12.1 Å². The standard InChI is InChI=1S/C11H7ClN2O/c12-10-4-3-9(7-11(10)13-8-15)14-5-1-2-6-14/h1-7H. The van der Waals surface area contributed by atoms with Crippen molar-refractivity contribution in [1.82, 2.24) is 4.57 Å². The number of halogens is 1. The van der Waals surface area contributed by atoms with Crippen molar-refractivity contribution < 1.29 is 4.79 Å². The third-order valence-electron chi connectivity index (χ3n) is 2.00. The topological polar surface area (TPSA) is 34.4 Å². The number of aliphatic imine (C=N–C) groups is 1. The van der Waals surface area contributed by atoms with E-state index in [0.29, 0.717) is 10.7 Å². The van der Waals surface area contributed by atoms with E-state index in [0.717, 1.165) is 5.69 Å². The molecule has 4 heteroatoms. The lowest BCUT2D eigenvalue weighted by Crippen LogP contribution is -1.88. The fourth-order valence-electron chi connectivity index (χ4n) is 1.30. The number of isocyanates is 1. The predicted molar refractivity (Wildman–Crippen MR) is 58.6 cm³/mol. The van der Waals surface area contributed by atoms with Crippen LogP contribution in [-0.2, 0) is 4.79 Å². The molecule has 15 heavy (non-hydrogen) atoms. The molecule has 2 aromatic rings. The first-order chi connectivity index (χ1) is 7.31. The van der Waals surface area contributed by atoms with Crippen molar-refractivity contribution in [3.63, 3.8) is 0 Å². The van der Waals surface area contributed by atoms with Gasteiger partial charge < -0.3 is 4.57 Å². The summed E-state index contributed by atoms with van der Waals surface area (Å²) >= 11 is 5.85. The maximum atomic E-state index is 10.2. The monoisotopic (exact) mass is 218 g/mol. The molecule has 0 N–H and O–H groups in total. The van der Waals surface area contributed by atoms with Crippen LogP contribution in [0.15, 0.2) is 47.7 Å². The Labute approximate surface area is 91.6 Å². The van der Waals surface area contributed by atoms with Crippen molar-refractivity contribution in [2.45, 2.75) is 0 Å². The van der Waals surface area contributed by atoms with Gasteiger partial charge in [0.15, 0.2) is 0 Å². The van der Waals surface area contributed by atoms with Gasteiger partial charge in [0.05, 0.1) is 10.7 Å². The highest BCUT2D eigenvalue weighted by Crippen LogP contribution is 2.26. The van der Waals surface area contributed by atoms with Gasteiger partial charge >= 0.3 is 0 Å². The van der Waals surface area contributed by atoms with Crippen molar-refractivity contribution in [3.8, 4) is 5.69 Å². The second-order valence-corrected chi connectivity index (χ2v) is 3.34. The highest BCUT2D eigenvalue weighted by Gasteiger charge is 2.01. The van der Waals surface area contributed by atoms with Crippen molar-refractivity contribution in [1.29, 1.82) is 0 Å². The quantitative estimate of drug-likeness (QED) is 0.563. The summed E-state index contributed by atoms with van der Waals surface area (Å²) in [6, 6.07) is 9.11. The van der Waals surface area contributed by atoms with Crippen molar-refractivity contribution in [2.75, 3.05) is 0 Å². The molecule has 0 saturated carbocycles. The first kappa shape index (κ1) is 9.71. The molecule has 0 atom stereocenters. The molecule has 0 saturated heterocycles. The van der Waals surface area contributed by atoms with Crippen LogP contribution in [0.25, 0.3) is 5.69 Å². The fourth-order valence-corrected chi connectivity index (χ4v) is 1.46. The molecular formula is C11H7ClN2O. The zero-order valence-electron chi connectivity index (χ0n) is 7.72. The average Bonchev–Trinajstić information content (AvgIpc) is 2.75. The van der Waals surface area contributed by atoms with Gasteiger partial charge in [-0.05, 0) is 30.3 Å². The second-order valence-electron chi connectivity index (χ2n) is 2.93. The van der Waals surface area contributed by atoms with Crippen molar-refractivity contribution in [2.24, 2.45) is 4.99 Å². The minimum atomic E-state index is 0.429. The predicted octanol–water partition coefficient (Wildman–Crippen LogP) is 3.10. The van der Waals surface area contributed by atoms with Crippen LogP contribution in [0.3, 0.4) is 0 Å². The van der Waals surface area contributed by atoms with E-state index < -0.39 is 0 Å². The molecule has 0 aliphatic rings. The number of nitrogens with zero attached hydrogens (tertiary/aromatic N) is 2. The molecule has 0 fully saturated rings. The molecule has 1 aromatic heterocycles. The summed E-state index contributed by atoms with van der Waals surface area (Å²) in [7, 11) is 0. The summed E-state index contributed by atoms with van der Waals surface area (Å²) in [6.07, 6.45) is 5.28. The first-order valence-corrected chi connectivity index (χ1v) is 4.70. The summed E-state index contributed by atoms with van der Waals surface area (Å²) in [4.78, 5) is 13.7. The van der Waals surface area contributed by atoms with Gasteiger partial charge in [0.1, 0.15) is 0 Å². The third-order valence-corrected chi connectivity index (χ3v) is 2.32. The van der Waals surface area contributed by atoms with Gasteiger partial charge in [-0.3, -0.25) is 0 Å². The molecule has 3 nitrogen and oxygen atoms in total. The maximum Gasteiger partial charge on any atom is 0.240 e. The molecule has 0 unspecified atom stereocenters. The van der Waals surface area contributed by atoms with Crippen LogP contribution in [0.4, 0.5) is 5.69 Å². The minimum Gasteiger partial charge on any atom is -0.324 e. The van der Waals surface area contributed by atoms with Gasteiger partial charge in [0.2, 0.25) is 6.08 Å². The Morgan fingerprint density at radius 2 is 2.00 bits per heavy atom. The molecule has 0 spiro atoms. The summed E-state index contributed by atoms with van der Waals surface area (Å²) < 4.78 is 1.90. The number of rotatable bonds is 2. The molecule has 1 heterocycles. The lowest BCUT2D eigenvalue weighted by molar-refractivity contribution is 0.565. The van der Waals surface area contributed by atoms with Crippen LogP contribution in [-0.4, -0.2) is 10.6 Å². The molecule has 0 aliphatic carbocycles. The van der Waals surface area contributed by atoms with E-state index >= 15 is 0 Å². The summed E-state index contributed by atoms with van der Waals surface area (Å²) in [5, 5.41) is 0.439. The van der Waals surface area contributed by atoms with Crippen molar-refractivity contribution in [3.05, 3.63) is 47.7 Å². The number of hydrogen-bond donors (Lipinski definition) is 0. The Morgan fingerprint density at radius 3 is 2.67 bits per heavy atom. The first-order valence-electron chi connectivity index (χ1n) is 4.32. The largest absolute Gasteiger partial charge is 0.324 e. The number of aromatic nitrogens is 1. The highest BCUT2D eigenvalue weighted by atomic mass is 35.5. The van der Waals surface area contributed by atoms with Gasteiger partial charge in [0.25, 0.3) is 0 Å². The van der Waals surface area contributed by atoms with Crippen molar-refractivity contribution >= 4 is 23.4 Å². The molecule has 0 aliphatic heterocycles. The smallest absolute Gasteiger partial charge is 0.240 e. The molecule has 74 valence electrons. The Kier molecular flexibility index (Phi) is 2.68. The third kappa shape index (κ3) is 1.99. The minimum absolute atomic E-state index is 0.429. The van der Waals surface area contributed by atoms with Gasteiger partial charge in [-0.25, -0.2) is 4.79 Å². The number of carbonyl (C=O) groups excluding carboxylic acids is 1. The maximum absolute atomic E-state index is 10.2. The van der Waals surface area contributed by atoms with Crippen LogP contribution < -0.4 is 0 Å². The summed E-state index contributed by atoms with van der Waals surface area (Å²) in [5.74, 6) is 0. The number of hydrogen-bond acceptors (Lipinski definition) is 2. The summed E-state index contributed by atoms with van der Waals surface area (Å²) in [5.41, 5.74) is 1.33. The average molecular weight is 219 g/mol. The van der Waals surface area contributed by atoms with Crippen LogP contribution in [0, 0.1) is 0 Å². The van der Waals surface area contributed by atoms with Crippen LogP contribution >= 0.6 is 11.6 Å². The van der Waals surface area contributed by atoms with E-state index in [1.807, 2.05) is 35.2 Å². The van der Waals surface area contributed by atoms with Gasteiger partial charge in [-0.15, -0.1) is 0 Å². The molecular weight excluding hydrogens is 212 g/mol. The lowest BCUT2D eigenvalue weighted by atomic mass is 10.3. The van der Waals surface area contributed by atoms with Crippen LogP contribution in [0.1, 0.15) is 0 Å². The Hall–Kier alpha value is -1.83. The molecule has 1 aromatic carbocycles. The molecule has 0 radical (unpaired) electrons. The fraction of sp³-hybridized carbons (Fsp3) is 0. The Bertz CT molecular complexity index is 513. The van der Waals surface area contributed by atoms with E-state index in [4.69, 9.17) is 11.6 Å². The number of benzene rings is 1. The lowest BCUT2D eigenvalue weighted by Gasteiger charge is -2.04. The molecule has 2 rings (SSSR count). The van der Waals surface area contributed by atoms with Crippen LogP contribution in [0.2, 0.25) is 5.02 Å².